The molecule has 0 saturated carbocycles. The molecule has 1 aliphatic rings. The van der Waals surface area contributed by atoms with Gasteiger partial charge in [0.25, 0.3) is 0 Å². The van der Waals surface area contributed by atoms with Gasteiger partial charge in [-0.15, -0.1) is 0 Å². The van der Waals surface area contributed by atoms with Crippen molar-refractivity contribution in [2.45, 2.75) is 39.7 Å². The molecule has 1 N–H and O–H groups in total. The number of ether oxygens (including phenoxy) is 1. The molecule has 0 aliphatic carbocycles. The first-order valence-corrected chi connectivity index (χ1v) is 4.55. The number of rotatable bonds is 2. The maximum atomic E-state index is 8.53. The minimum absolute atomic E-state index is 0.261. The molecule has 0 aromatic carbocycles. The molecule has 0 spiro atoms. The summed E-state index contributed by atoms with van der Waals surface area (Å²) in [6.45, 7) is 7.32. The zero-order valence-corrected chi connectivity index (χ0v) is 7.84. The van der Waals surface area contributed by atoms with Crippen LogP contribution < -0.4 is 0 Å². The van der Waals surface area contributed by atoms with Crippen LogP contribution in [0.5, 0.6) is 0 Å². The summed E-state index contributed by atoms with van der Waals surface area (Å²) in [4.78, 5) is 0. The van der Waals surface area contributed by atoms with Crippen LogP contribution in [0.15, 0.2) is 0 Å². The molecule has 68 valence electrons. The Labute approximate surface area is 69.6 Å². The van der Waals surface area contributed by atoms with Gasteiger partial charge in [0, 0.05) is 13.2 Å². The molecule has 0 amide bonds. The van der Waals surface area contributed by atoms with E-state index in [1.165, 1.54) is 0 Å². The third-order valence-electron chi connectivity index (χ3n) is 1.73. The number of hydrogen-bond acceptors (Lipinski definition) is 2. The van der Waals surface area contributed by atoms with E-state index in [0.29, 0.717) is 12.0 Å². The number of aliphatic hydroxyl groups is 1. The van der Waals surface area contributed by atoms with Crippen molar-refractivity contribution < 1.29 is 9.84 Å². The molecule has 1 heterocycles. The number of aliphatic hydroxyl groups excluding tert-OH is 1. The summed E-state index contributed by atoms with van der Waals surface area (Å²) in [7, 11) is 0. The van der Waals surface area contributed by atoms with E-state index in [-0.39, 0.29) is 6.61 Å². The van der Waals surface area contributed by atoms with E-state index in [4.69, 9.17) is 9.84 Å². The Kier molecular flexibility index (Phi) is 6.57. The van der Waals surface area contributed by atoms with Gasteiger partial charge in [0.2, 0.25) is 0 Å². The van der Waals surface area contributed by atoms with Gasteiger partial charge in [-0.3, -0.25) is 0 Å². The predicted octanol–water partition coefficient (Wildman–Crippen LogP) is 1.82. The molecule has 1 fully saturated rings. The Morgan fingerprint density at radius 1 is 1.45 bits per heavy atom. The maximum Gasteiger partial charge on any atom is 0.0600 e. The zero-order chi connectivity index (χ0) is 8.69. The van der Waals surface area contributed by atoms with Gasteiger partial charge in [0.15, 0.2) is 0 Å². The van der Waals surface area contributed by atoms with E-state index in [1.807, 2.05) is 13.8 Å². The second-order valence-electron chi connectivity index (χ2n) is 2.81. The normalized spacial score (nSPS) is 29.5. The fourth-order valence-electron chi connectivity index (χ4n) is 1.23. The van der Waals surface area contributed by atoms with Crippen LogP contribution in [0, 0.1) is 5.92 Å². The topological polar surface area (TPSA) is 29.5 Å². The largest absolute Gasteiger partial charge is 0.396 e. The lowest BCUT2D eigenvalue weighted by Gasteiger charge is -2.04. The van der Waals surface area contributed by atoms with Crippen LogP contribution in [0.4, 0.5) is 0 Å². The van der Waals surface area contributed by atoms with Crippen molar-refractivity contribution in [1.29, 1.82) is 0 Å². The minimum Gasteiger partial charge on any atom is -0.396 e. The molecule has 2 atom stereocenters. The monoisotopic (exact) mass is 160 g/mol. The molecule has 1 rings (SSSR count). The lowest BCUT2D eigenvalue weighted by atomic mass is 10.1. The molecule has 0 radical (unpaired) electrons. The van der Waals surface area contributed by atoms with Crippen molar-refractivity contribution in [2.24, 2.45) is 5.92 Å². The third-order valence-corrected chi connectivity index (χ3v) is 1.73. The van der Waals surface area contributed by atoms with Crippen molar-refractivity contribution in [3.8, 4) is 0 Å². The highest BCUT2D eigenvalue weighted by Gasteiger charge is 2.20. The van der Waals surface area contributed by atoms with Crippen molar-refractivity contribution >= 4 is 0 Å². The van der Waals surface area contributed by atoms with E-state index in [2.05, 4.69) is 6.92 Å². The highest BCUT2D eigenvalue weighted by Crippen LogP contribution is 2.20. The van der Waals surface area contributed by atoms with E-state index in [0.717, 1.165) is 19.4 Å². The molecule has 1 saturated heterocycles. The Morgan fingerprint density at radius 2 is 2.09 bits per heavy atom. The summed E-state index contributed by atoms with van der Waals surface area (Å²) >= 11 is 0. The lowest BCUT2D eigenvalue weighted by Crippen LogP contribution is -2.06. The molecular weight excluding hydrogens is 140 g/mol. The summed E-state index contributed by atoms with van der Waals surface area (Å²) < 4.78 is 5.35. The van der Waals surface area contributed by atoms with Gasteiger partial charge in [0.05, 0.1) is 6.10 Å². The summed E-state index contributed by atoms with van der Waals surface area (Å²) in [6.07, 6.45) is 2.27. The lowest BCUT2D eigenvalue weighted by molar-refractivity contribution is 0.0844. The highest BCUT2D eigenvalue weighted by atomic mass is 16.5. The second-order valence-corrected chi connectivity index (χ2v) is 2.81. The first kappa shape index (κ1) is 10.9. The average molecular weight is 160 g/mol. The molecule has 0 bridgehead atoms. The highest BCUT2D eigenvalue weighted by molar-refractivity contribution is 4.69. The fourth-order valence-corrected chi connectivity index (χ4v) is 1.23. The Balaban J connectivity index is 0.000000461. The smallest absolute Gasteiger partial charge is 0.0600 e. The third kappa shape index (κ3) is 4.38. The fraction of sp³-hybridized carbons (Fsp3) is 1.00. The van der Waals surface area contributed by atoms with Gasteiger partial charge in [-0.05, 0) is 18.8 Å². The molecule has 2 heteroatoms. The van der Waals surface area contributed by atoms with Crippen molar-refractivity contribution in [1.82, 2.24) is 0 Å². The molecule has 2 nitrogen and oxygen atoms in total. The quantitative estimate of drug-likeness (QED) is 0.667. The molecular formula is C9H20O2. The summed E-state index contributed by atoms with van der Waals surface area (Å²) in [6, 6.07) is 0. The van der Waals surface area contributed by atoms with Gasteiger partial charge in [-0.2, -0.15) is 0 Å². The molecule has 1 aliphatic heterocycles. The van der Waals surface area contributed by atoms with E-state index in [9.17, 15) is 0 Å². The first-order valence-electron chi connectivity index (χ1n) is 4.55. The van der Waals surface area contributed by atoms with Crippen molar-refractivity contribution in [3.63, 3.8) is 0 Å². The Hall–Kier alpha value is -0.0800. The minimum atomic E-state index is 0.261. The number of hydrogen-bond donors (Lipinski definition) is 1. The van der Waals surface area contributed by atoms with E-state index in [1.54, 1.807) is 0 Å². The first-order chi connectivity index (χ1) is 5.33. The molecule has 0 aromatic rings. The standard InChI is InChI=1S/C7H14O2.C2H6/c1-6-4-7(2-3-8)9-5-6;1-2/h6-8H,2-5H2,1H3;1-2H3. The predicted molar refractivity (Wildman–Crippen MR) is 46.6 cm³/mol. The van der Waals surface area contributed by atoms with Gasteiger partial charge >= 0.3 is 0 Å². The van der Waals surface area contributed by atoms with E-state index < -0.39 is 0 Å². The average Bonchev–Trinajstić information content (AvgIpc) is 2.41. The Bertz CT molecular complexity index is 81.6. The van der Waals surface area contributed by atoms with Gasteiger partial charge in [-0.25, -0.2) is 0 Å². The van der Waals surface area contributed by atoms with E-state index >= 15 is 0 Å². The summed E-state index contributed by atoms with van der Waals surface area (Å²) in [5.74, 6) is 0.696. The van der Waals surface area contributed by atoms with Gasteiger partial charge in [0.1, 0.15) is 0 Å². The van der Waals surface area contributed by atoms with Crippen molar-refractivity contribution in [2.75, 3.05) is 13.2 Å². The van der Waals surface area contributed by atoms with Crippen LogP contribution in [0.1, 0.15) is 33.6 Å². The van der Waals surface area contributed by atoms with Gasteiger partial charge in [-0.1, -0.05) is 20.8 Å². The molecule has 11 heavy (non-hydrogen) atoms. The van der Waals surface area contributed by atoms with Crippen LogP contribution in [-0.4, -0.2) is 24.4 Å². The summed E-state index contributed by atoms with van der Waals surface area (Å²) in [5.41, 5.74) is 0. The molecule has 2 unspecified atom stereocenters. The Morgan fingerprint density at radius 3 is 2.45 bits per heavy atom. The van der Waals surface area contributed by atoms with Crippen LogP contribution in [-0.2, 0) is 4.74 Å². The maximum absolute atomic E-state index is 8.53. The van der Waals surface area contributed by atoms with Crippen LogP contribution in [0.2, 0.25) is 0 Å². The van der Waals surface area contributed by atoms with Gasteiger partial charge < -0.3 is 9.84 Å². The zero-order valence-electron chi connectivity index (χ0n) is 7.84. The second kappa shape index (κ2) is 6.62. The van der Waals surface area contributed by atoms with Crippen LogP contribution >= 0.6 is 0 Å². The van der Waals surface area contributed by atoms with Crippen molar-refractivity contribution in [3.05, 3.63) is 0 Å². The summed E-state index contributed by atoms with van der Waals surface area (Å²) in [5, 5.41) is 8.53. The van der Waals surface area contributed by atoms with Crippen LogP contribution in [0.25, 0.3) is 0 Å². The molecule has 0 aromatic heterocycles. The van der Waals surface area contributed by atoms with Crippen LogP contribution in [0.3, 0.4) is 0 Å². The SMILES string of the molecule is CC.CC1COC(CCO)C1.